The molecule has 0 aliphatic carbocycles. The predicted octanol–water partition coefficient (Wildman–Crippen LogP) is 3.42. The lowest BCUT2D eigenvalue weighted by Crippen LogP contribution is -2.08. The molecule has 0 bridgehead atoms. The number of carbonyl (C=O) groups is 1. The molecule has 1 aromatic heterocycles. The lowest BCUT2D eigenvalue weighted by atomic mass is 9.95. The monoisotopic (exact) mass is 234 g/mol. The van der Waals surface area contributed by atoms with Crippen molar-refractivity contribution in [1.29, 1.82) is 0 Å². The molecule has 0 aliphatic heterocycles. The minimum Gasteiger partial charge on any atom is -0.294 e. The summed E-state index contributed by atoms with van der Waals surface area (Å²) in [4.78, 5) is 12.3. The van der Waals surface area contributed by atoms with Crippen LogP contribution >= 0.6 is 0 Å². The van der Waals surface area contributed by atoms with Crippen LogP contribution < -0.4 is 0 Å². The minimum absolute atomic E-state index is 0.173. The van der Waals surface area contributed by atoms with Crippen molar-refractivity contribution in [1.82, 2.24) is 9.78 Å². The maximum atomic E-state index is 12.3. The van der Waals surface area contributed by atoms with E-state index < -0.39 is 0 Å². The van der Waals surface area contributed by atoms with Gasteiger partial charge in [-0.15, -0.1) is 0 Å². The number of aromatic nitrogens is 2. The van der Waals surface area contributed by atoms with E-state index in [2.05, 4.69) is 39.4 Å². The van der Waals surface area contributed by atoms with Crippen LogP contribution in [0.1, 0.15) is 61.8 Å². The van der Waals surface area contributed by atoms with Gasteiger partial charge in [-0.05, 0) is 17.9 Å². The van der Waals surface area contributed by atoms with Gasteiger partial charge in [0.2, 0.25) is 0 Å². The van der Waals surface area contributed by atoms with Gasteiger partial charge in [-0.25, -0.2) is 0 Å². The number of aryl methyl sites for hydroxylation is 1. The first-order valence-electron chi connectivity index (χ1n) is 6.11. The van der Waals surface area contributed by atoms with Crippen molar-refractivity contribution in [2.24, 2.45) is 13.0 Å². The van der Waals surface area contributed by atoms with E-state index in [9.17, 15) is 4.79 Å². The Morgan fingerprint density at radius 1 is 1.41 bits per heavy atom. The second-order valence-electron chi connectivity index (χ2n) is 5.15. The zero-order valence-electron chi connectivity index (χ0n) is 11.4. The smallest absolute Gasteiger partial charge is 0.167 e. The first-order valence-corrected chi connectivity index (χ1v) is 6.11. The summed E-state index contributed by atoms with van der Waals surface area (Å²) in [5, 5.41) is 4.43. The maximum absolute atomic E-state index is 12.3. The summed E-state index contributed by atoms with van der Waals surface area (Å²) in [6.45, 7) is 12.0. The number of nitrogens with zero attached hydrogens (tertiary/aromatic N) is 2. The van der Waals surface area contributed by atoms with Crippen molar-refractivity contribution in [3.63, 3.8) is 0 Å². The van der Waals surface area contributed by atoms with Gasteiger partial charge in [0.15, 0.2) is 5.78 Å². The van der Waals surface area contributed by atoms with Gasteiger partial charge < -0.3 is 0 Å². The first kappa shape index (κ1) is 13.7. The van der Waals surface area contributed by atoms with E-state index in [1.165, 1.54) is 0 Å². The Bertz CT molecular complexity index is 428. The minimum atomic E-state index is 0.173. The fourth-order valence-corrected chi connectivity index (χ4v) is 1.96. The van der Waals surface area contributed by atoms with Crippen LogP contribution in [0, 0.1) is 5.92 Å². The molecule has 0 aliphatic rings. The van der Waals surface area contributed by atoms with Crippen molar-refractivity contribution in [2.45, 2.75) is 40.0 Å². The molecule has 3 heteroatoms. The molecule has 0 aromatic carbocycles. The van der Waals surface area contributed by atoms with E-state index in [0.29, 0.717) is 12.3 Å². The van der Waals surface area contributed by atoms with Crippen LogP contribution in [0.2, 0.25) is 0 Å². The zero-order chi connectivity index (χ0) is 13.2. The number of hydrogen-bond donors (Lipinski definition) is 0. The van der Waals surface area contributed by atoms with Crippen LogP contribution in [-0.4, -0.2) is 15.6 Å². The van der Waals surface area contributed by atoms with Crippen molar-refractivity contribution < 1.29 is 4.79 Å². The topological polar surface area (TPSA) is 34.9 Å². The molecular weight excluding hydrogens is 212 g/mol. The number of rotatable bonds is 5. The average molecular weight is 234 g/mol. The van der Waals surface area contributed by atoms with Crippen LogP contribution in [0.25, 0.3) is 6.08 Å². The SMILES string of the molecule is C=Cc1c(C(=O)CC(C)C)c(C(C)C)nn1C. The highest BCUT2D eigenvalue weighted by atomic mass is 16.1. The Kier molecular flexibility index (Phi) is 4.27. The highest BCUT2D eigenvalue weighted by Crippen LogP contribution is 2.24. The molecule has 0 amide bonds. The summed E-state index contributed by atoms with van der Waals surface area (Å²) in [5.41, 5.74) is 2.47. The lowest BCUT2D eigenvalue weighted by Gasteiger charge is -2.07. The second-order valence-corrected chi connectivity index (χ2v) is 5.15. The van der Waals surface area contributed by atoms with Gasteiger partial charge in [0, 0.05) is 13.5 Å². The van der Waals surface area contributed by atoms with E-state index >= 15 is 0 Å². The fourth-order valence-electron chi connectivity index (χ4n) is 1.96. The van der Waals surface area contributed by atoms with Crippen molar-refractivity contribution in [2.75, 3.05) is 0 Å². The summed E-state index contributed by atoms with van der Waals surface area (Å²) < 4.78 is 1.75. The third kappa shape index (κ3) is 2.84. The van der Waals surface area contributed by atoms with Gasteiger partial charge in [0.05, 0.1) is 17.0 Å². The molecule has 1 rings (SSSR count). The normalized spacial score (nSPS) is 11.2. The third-order valence-electron chi connectivity index (χ3n) is 2.73. The highest BCUT2D eigenvalue weighted by Gasteiger charge is 2.22. The molecule has 0 spiro atoms. The number of ketones is 1. The second kappa shape index (κ2) is 5.30. The number of Topliss-reactive ketones (excluding diaryl/α,β-unsaturated/α-hetero) is 1. The molecule has 94 valence electrons. The van der Waals surface area contributed by atoms with Gasteiger partial charge in [-0.1, -0.05) is 34.3 Å². The molecule has 0 atom stereocenters. The van der Waals surface area contributed by atoms with E-state index in [4.69, 9.17) is 0 Å². The third-order valence-corrected chi connectivity index (χ3v) is 2.73. The fraction of sp³-hybridized carbons (Fsp3) is 0.571. The van der Waals surface area contributed by atoms with Gasteiger partial charge in [0.1, 0.15) is 0 Å². The van der Waals surface area contributed by atoms with E-state index in [1.807, 2.05) is 7.05 Å². The van der Waals surface area contributed by atoms with Crippen molar-refractivity contribution in [3.8, 4) is 0 Å². The molecule has 0 saturated heterocycles. The van der Waals surface area contributed by atoms with E-state index in [-0.39, 0.29) is 11.7 Å². The molecule has 0 radical (unpaired) electrons. The summed E-state index contributed by atoms with van der Waals surface area (Å²) >= 11 is 0. The van der Waals surface area contributed by atoms with Crippen LogP contribution in [-0.2, 0) is 7.05 Å². The summed E-state index contributed by atoms with van der Waals surface area (Å²) in [7, 11) is 1.86. The largest absolute Gasteiger partial charge is 0.294 e. The summed E-state index contributed by atoms with van der Waals surface area (Å²) in [5.74, 6) is 0.785. The molecule has 1 heterocycles. The molecule has 0 unspecified atom stereocenters. The zero-order valence-corrected chi connectivity index (χ0v) is 11.4. The van der Waals surface area contributed by atoms with Crippen LogP contribution in [0.4, 0.5) is 0 Å². The van der Waals surface area contributed by atoms with Crippen LogP contribution in [0.3, 0.4) is 0 Å². The van der Waals surface area contributed by atoms with Crippen LogP contribution in [0.5, 0.6) is 0 Å². The highest BCUT2D eigenvalue weighted by molar-refractivity contribution is 6.00. The van der Waals surface area contributed by atoms with Gasteiger partial charge in [-0.3, -0.25) is 9.48 Å². The molecule has 0 fully saturated rings. The Hall–Kier alpha value is -1.38. The maximum Gasteiger partial charge on any atom is 0.167 e. The molecule has 17 heavy (non-hydrogen) atoms. The molecule has 0 N–H and O–H groups in total. The van der Waals surface area contributed by atoms with Gasteiger partial charge in [0.25, 0.3) is 0 Å². The van der Waals surface area contributed by atoms with E-state index in [0.717, 1.165) is 17.0 Å². The molecular formula is C14H22N2O. The Labute approximate surface area is 104 Å². The van der Waals surface area contributed by atoms with Gasteiger partial charge >= 0.3 is 0 Å². The van der Waals surface area contributed by atoms with Crippen LogP contribution in [0.15, 0.2) is 6.58 Å². The van der Waals surface area contributed by atoms with Gasteiger partial charge in [-0.2, -0.15) is 5.10 Å². The molecule has 3 nitrogen and oxygen atoms in total. The van der Waals surface area contributed by atoms with E-state index in [1.54, 1.807) is 10.8 Å². The van der Waals surface area contributed by atoms with Crippen molar-refractivity contribution >= 4 is 11.9 Å². The summed E-state index contributed by atoms with van der Waals surface area (Å²) in [6.07, 6.45) is 2.28. The predicted molar refractivity (Wildman–Crippen MR) is 71.2 cm³/mol. The van der Waals surface area contributed by atoms with Crippen molar-refractivity contribution in [3.05, 3.63) is 23.5 Å². The Balaban J connectivity index is 3.27. The number of carbonyl (C=O) groups excluding carboxylic acids is 1. The standard InChI is InChI=1S/C14H22N2O/c1-7-11-13(12(17)8-9(2)3)14(10(4)5)15-16(11)6/h7,9-10H,1,8H2,2-6H3. The summed E-state index contributed by atoms with van der Waals surface area (Å²) in [6, 6.07) is 0. The lowest BCUT2D eigenvalue weighted by molar-refractivity contribution is 0.0966. The molecule has 1 aromatic rings. The quantitative estimate of drug-likeness (QED) is 0.732. The number of hydrogen-bond acceptors (Lipinski definition) is 2. The average Bonchev–Trinajstić information content (AvgIpc) is 2.54. The Morgan fingerprint density at radius 3 is 2.41 bits per heavy atom. The Morgan fingerprint density at radius 2 is 2.00 bits per heavy atom. The molecule has 0 saturated carbocycles. The first-order chi connectivity index (χ1) is 7.88.